The van der Waals surface area contributed by atoms with E-state index < -0.39 is 34.7 Å². The van der Waals surface area contributed by atoms with E-state index in [0.29, 0.717) is 45.9 Å². The molecule has 0 radical (unpaired) electrons. The highest BCUT2D eigenvalue weighted by Gasteiger charge is 2.40. The summed E-state index contributed by atoms with van der Waals surface area (Å²) in [5.41, 5.74) is 2.13. The molecule has 0 aromatic heterocycles. The van der Waals surface area contributed by atoms with Crippen molar-refractivity contribution < 1.29 is 23.0 Å². The van der Waals surface area contributed by atoms with Crippen LogP contribution >= 0.6 is 46.4 Å². The molecule has 0 bridgehead atoms. The molecule has 0 fully saturated rings. The normalized spacial score (nSPS) is 13.0. The van der Waals surface area contributed by atoms with E-state index in [1.807, 2.05) is 72.8 Å². The lowest BCUT2D eigenvalue weighted by atomic mass is 9.74. The Morgan fingerprint density at radius 1 is 0.473 bits per heavy atom. The highest BCUT2D eigenvalue weighted by Crippen LogP contribution is 2.40. The van der Waals surface area contributed by atoms with Crippen LogP contribution < -0.4 is 9.47 Å². The first kappa shape index (κ1) is 40.6. The summed E-state index contributed by atoms with van der Waals surface area (Å²) in [5, 5.41) is 1.28. The molecule has 0 aliphatic carbocycles. The van der Waals surface area contributed by atoms with Crippen LogP contribution in [0.25, 0.3) is 0 Å². The predicted octanol–water partition coefficient (Wildman–Crippen LogP) is 14.7. The molecule has 0 N–H and O–H groups in total. The molecule has 2 atom stereocenters. The molecule has 284 valence electrons. The van der Waals surface area contributed by atoms with Crippen molar-refractivity contribution in [2.24, 2.45) is 0 Å². The van der Waals surface area contributed by atoms with Crippen molar-refractivity contribution in [2.75, 3.05) is 0 Å². The summed E-state index contributed by atoms with van der Waals surface area (Å²) in [6.45, 7) is 8.26. The number of hydrogen-bond acceptors (Lipinski definition) is 3. The van der Waals surface area contributed by atoms with Crippen LogP contribution in [0.15, 0.2) is 133 Å². The van der Waals surface area contributed by atoms with Crippen LogP contribution in [0.2, 0.25) is 20.1 Å². The van der Waals surface area contributed by atoms with E-state index in [9.17, 15) is 8.78 Å². The van der Waals surface area contributed by atoms with E-state index in [1.54, 1.807) is 48.5 Å². The maximum absolute atomic E-state index is 14.5. The minimum Gasteiger partial charge on any atom is -0.457 e. The fraction of sp³-hybridized carbons (Fsp3) is 0.217. The Bertz CT molecular complexity index is 2080. The van der Waals surface area contributed by atoms with Crippen LogP contribution in [0.3, 0.4) is 0 Å². The molecule has 6 aromatic carbocycles. The SMILES string of the molecule is CC(C)(c1ccc(F)c(Cl)c1)C(Cc1cccc(Oc2ccc(Cl)cc2)c1)OC(Cc1cccc(Oc2ccc(Cl)cc2)c1)C(C)(C)c1ccc(F)c(Cl)c1. The minimum atomic E-state index is -0.696. The Balaban J connectivity index is 1.39. The molecule has 2 unspecified atom stereocenters. The van der Waals surface area contributed by atoms with Crippen molar-refractivity contribution in [2.45, 2.75) is 63.6 Å². The van der Waals surface area contributed by atoms with Gasteiger partial charge in [0.05, 0.1) is 22.3 Å². The quantitative estimate of drug-likeness (QED) is 0.110. The molecule has 0 heterocycles. The van der Waals surface area contributed by atoms with E-state index in [1.165, 1.54) is 12.1 Å². The predicted molar refractivity (Wildman–Crippen MR) is 221 cm³/mol. The van der Waals surface area contributed by atoms with Crippen LogP contribution in [-0.2, 0) is 28.4 Å². The summed E-state index contributed by atoms with van der Waals surface area (Å²) in [5.74, 6) is 1.60. The van der Waals surface area contributed by atoms with Crippen LogP contribution in [0, 0.1) is 11.6 Å². The third kappa shape index (κ3) is 10.2. The van der Waals surface area contributed by atoms with E-state index in [0.717, 1.165) is 22.3 Å². The maximum atomic E-state index is 14.5. The first-order valence-corrected chi connectivity index (χ1v) is 19.3. The minimum absolute atomic E-state index is 0.0259. The Morgan fingerprint density at radius 3 is 1.22 bits per heavy atom. The molecule has 0 saturated carbocycles. The smallest absolute Gasteiger partial charge is 0.141 e. The monoisotopic (exact) mass is 818 g/mol. The Labute approximate surface area is 341 Å². The number of rotatable bonds is 14. The molecular formula is C46H40Cl4F2O3. The lowest BCUT2D eigenvalue weighted by Gasteiger charge is -2.43. The number of halogens is 6. The van der Waals surface area contributed by atoms with E-state index in [-0.39, 0.29) is 10.0 Å². The molecule has 55 heavy (non-hydrogen) atoms. The van der Waals surface area contributed by atoms with Gasteiger partial charge in [-0.3, -0.25) is 0 Å². The topological polar surface area (TPSA) is 27.7 Å². The van der Waals surface area contributed by atoms with Gasteiger partial charge in [-0.05, 0) is 132 Å². The standard InChI is InChI=1S/C46H40Cl4F2O3/c1-45(2,31-11-21-41(51)39(49)27-31)43(25-29-7-5-9-37(23-29)53-35-17-13-33(47)14-18-35)55-44(46(3,4)32-12-22-42(52)40(50)28-32)26-30-8-6-10-38(24-30)54-36-19-15-34(48)16-20-36/h5-24,27-28,43-44H,25-26H2,1-4H3. The molecule has 0 amide bonds. The van der Waals surface area contributed by atoms with Crippen LogP contribution in [0.4, 0.5) is 8.78 Å². The average Bonchev–Trinajstić information content (AvgIpc) is 3.15. The van der Waals surface area contributed by atoms with Crippen molar-refractivity contribution >= 4 is 46.4 Å². The van der Waals surface area contributed by atoms with Gasteiger partial charge in [-0.15, -0.1) is 0 Å². The summed E-state index contributed by atoms with van der Waals surface area (Å²) >= 11 is 24.9. The summed E-state index contributed by atoms with van der Waals surface area (Å²) in [6, 6.07) is 39.6. The second-order valence-corrected chi connectivity index (χ2v) is 16.3. The third-order valence-electron chi connectivity index (χ3n) is 10.0. The van der Waals surface area contributed by atoms with Gasteiger partial charge < -0.3 is 14.2 Å². The molecular weight excluding hydrogens is 780 g/mol. The van der Waals surface area contributed by atoms with E-state index >= 15 is 0 Å². The molecule has 6 aromatic rings. The van der Waals surface area contributed by atoms with Gasteiger partial charge in [-0.2, -0.15) is 0 Å². The van der Waals surface area contributed by atoms with Gasteiger partial charge in [-0.1, -0.05) is 110 Å². The molecule has 0 spiro atoms. The molecule has 6 rings (SSSR count). The lowest BCUT2D eigenvalue weighted by molar-refractivity contribution is -0.0753. The first-order chi connectivity index (χ1) is 26.2. The fourth-order valence-electron chi connectivity index (χ4n) is 6.49. The highest BCUT2D eigenvalue weighted by atomic mass is 35.5. The third-order valence-corrected chi connectivity index (χ3v) is 11.1. The molecule has 0 saturated heterocycles. The summed E-state index contributed by atoms with van der Waals surface area (Å²) in [7, 11) is 0. The number of ether oxygens (including phenoxy) is 3. The largest absolute Gasteiger partial charge is 0.457 e. The Morgan fingerprint density at radius 2 is 0.855 bits per heavy atom. The van der Waals surface area contributed by atoms with E-state index in [2.05, 4.69) is 27.7 Å². The van der Waals surface area contributed by atoms with Gasteiger partial charge in [0.15, 0.2) is 0 Å². The highest BCUT2D eigenvalue weighted by molar-refractivity contribution is 6.31. The summed E-state index contributed by atoms with van der Waals surface area (Å²) < 4.78 is 48.7. The Hall–Kier alpha value is -4.10. The van der Waals surface area contributed by atoms with Crippen molar-refractivity contribution in [3.05, 3.63) is 187 Å². The number of benzene rings is 6. The van der Waals surface area contributed by atoms with Gasteiger partial charge in [0, 0.05) is 20.9 Å². The summed E-state index contributed by atoms with van der Waals surface area (Å²) in [4.78, 5) is 0. The zero-order valence-corrected chi connectivity index (χ0v) is 33.8. The zero-order chi connectivity index (χ0) is 39.3. The van der Waals surface area contributed by atoms with Gasteiger partial charge >= 0.3 is 0 Å². The first-order valence-electron chi connectivity index (χ1n) is 17.8. The number of hydrogen-bond donors (Lipinski definition) is 0. The summed E-state index contributed by atoms with van der Waals surface area (Å²) in [6.07, 6.45) is -0.0750. The van der Waals surface area contributed by atoms with Crippen LogP contribution in [0.1, 0.15) is 49.9 Å². The van der Waals surface area contributed by atoms with Gasteiger partial charge in [0.1, 0.15) is 34.6 Å². The van der Waals surface area contributed by atoms with Gasteiger partial charge in [-0.25, -0.2) is 8.78 Å². The van der Waals surface area contributed by atoms with Gasteiger partial charge in [0.2, 0.25) is 0 Å². The fourth-order valence-corrected chi connectivity index (χ4v) is 7.10. The molecule has 0 aliphatic rings. The van der Waals surface area contributed by atoms with Crippen LogP contribution in [0.5, 0.6) is 23.0 Å². The second kappa shape index (κ2) is 17.4. The van der Waals surface area contributed by atoms with Crippen molar-refractivity contribution in [3.63, 3.8) is 0 Å². The maximum Gasteiger partial charge on any atom is 0.141 e. The molecule has 9 heteroatoms. The zero-order valence-electron chi connectivity index (χ0n) is 30.8. The Kier molecular flexibility index (Phi) is 12.8. The van der Waals surface area contributed by atoms with Crippen molar-refractivity contribution in [3.8, 4) is 23.0 Å². The average molecular weight is 821 g/mol. The lowest BCUT2D eigenvalue weighted by Crippen LogP contribution is -2.46. The van der Waals surface area contributed by atoms with E-state index in [4.69, 9.17) is 60.6 Å². The second-order valence-electron chi connectivity index (χ2n) is 14.6. The van der Waals surface area contributed by atoms with Crippen molar-refractivity contribution in [1.82, 2.24) is 0 Å². The molecule has 0 aliphatic heterocycles. The molecule has 3 nitrogen and oxygen atoms in total. The van der Waals surface area contributed by atoms with Crippen molar-refractivity contribution in [1.29, 1.82) is 0 Å². The van der Waals surface area contributed by atoms with Crippen LogP contribution in [-0.4, -0.2) is 12.2 Å². The van der Waals surface area contributed by atoms with Gasteiger partial charge in [0.25, 0.3) is 0 Å².